The summed E-state index contributed by atoms with van der Waals surface area (Å²) in [6.07, 6.45) is 2.93. The highest BCUT2D eigenvalue weighted by atomic mass is 28.3. The minimum absolute atomic E-state index is 0.606. The van der Waals surface area contributed by atoms with Crippen molar-refractivity contribution in [2.24, 2.45) is 0 Å². The first-order chi connectivity index (χ1) is 6.45. The molecule has 1 atom stereocenters. The van der Waals surface area contributed by atoms with Crippen molar-refractivity contribution in [1.82, 2.24) is 0 Å². The van der Waals surface area contributed by atoms with Crippen molar-refractivity contribution < 1.29 is 9.52 Å². The molecule has 0 spiro atoms. The number of hydrogen-bond donors (Lipinski definition) is 1. The van der Waals surface area contributed by atoms with Crippen LogP contribution >= 0.6 is 0 Å². The van der Waals surface area contributed by atoms with Crippen molar-refractivity contribution in [2.45, 2.75) is 32.7 Å². The second-order valence-corrected chi connectivity index (χ2v) is 9.42. The van der Waals surface area contributed by atoms with E-state index in [1.165, 1.54) is 0 Å². The van der Waals surface area contributed by atoms with Gasteiger partial charge >= 0.3 is 0 Å². The molecule has 14 heavy (non-hydrogen) atoms. The minimum Gasteiger partial charge on any atom is -0.468 e. The van der Waals surface area contributed by atoms with Gasteiger partial charge in [-0.3, -0.25) is 0 Å². The summed E-state index contributed by atoms with van der Waals surface area (Å²) in [4.78, 5) is 0. The number of rotatable bonds is 3. The maximum absolute atomic E-state index is 9.63. The molecule has 1 N–H and O–H groups in total. The Morgan fingerprint density at radius 2 is 2.00 bits per heavy atom. The maximum atomic E-state index is 9.63. The van der Waals surface area contributed by atoms with Gasteiger partial charge in [-0.1, -0.05) is 31.8 Å². The van der Waals surface area contributed by atoms with Gasteiger partial charge in [0.25, 0.3) is 0 Å². The molecule has 1 unspecified atom stereocenters. The summed E-state index contributed by atoms with van der Waals surface area (Å²) in [5.74, 6) is 0.639. The zero-order valence-electron chi connectivity index (χ0n) is 9.24. The lowest BCUT2D eigenvalue weighted by Gasteiger charge is -2.11. The van der Waals surface area contributed by atoms with E-state index in [4.69, 9.17) is 4.42 Å². The Morgan fingerprint density at radius 1 is 1.36 bits per heavy atom. The van der Waals surface area contributed by atoms with Crippen molar-refractivity contribution in [3.8, 4) is 0 Å². The molecular weight excluding hydrogens is 192 g/mol. The molecule has 0 aliphatic carbocycles. The maximum Gasteiger partial charge on any atom is 0.135 e. The predicted octanol–water partition coefficient (Wildman–Crippen LogP) is 2.43. The van der Waals surface area contributed by atoms with Crippen LogP contribution < -0.4 is 5.38 Å². The van der Waals surface area contributed by atoms with Gasteiger partial charge in [-0.05, 0) is 19.1 Å². The van der Waals surface area contributed by atoms with E-state index >= 15 is 0 Å². The molecule has 78 valence electrons. The molecule has 0 aliphatic heterocycles. The zero-order valence-corrected chi connectivity index (χ0v) is 10.2. The topological polar surface area (TPSA) is 33.4 Å². The average molecular weight is 210 g/mol. The molecule has 1 heterocycles. The van der Waals surface area contributed by atoms with Crippen LogP contribution in [0.5, 0.6) is 0 Å². The smallest absolute Gasteiger partial charge is 0.135 e. The fraction of sp³-hybridized carbons (Fsp3) is 0.455. The van der Waals surface area contributed by atoms with Crippen molar-refractivity contribution in [3.05, 3.63) is 30.0 Å². The summed E-state index contributed by atoms with van der Waals surface area (Å²) in [6, 6.07) is 3.84. The number of aliphatic hydroxyl groups excluding tert-OH is 1. The Hall–Kier alpha value is -0.803. The van der Waals surface area contributed by atoms with Crippen LogP contribution in [0.1, 0.15) is 18.8 Å². The molecule has 2 nitrogen and oxygen atoms in total. The highest BCUT2D eigenvalue weighted by Gasteiger charge is 2.21. The van der Waals surface area contributed by atoms with E-state index in [0.29, 0.717) is 5.76 Å². The van der Waals surface area contributed by atoms with Gasteiger partial charge in [0.15, 0.2) is 0 Å². The van der Waals surface area contributed by atoms with Crippen LogP contribution in [-0.4, -0.2) is 13.2 Å². The van der Waals surface area contributed by atoms with Gasteiger partial charge in [-0.15, -0.1) is 0 Å². The largest absolute Gasteiger partial charge is 0.468 e. The fourth-order valence-corrected chi connectivity index (χ4v) is 2.20. The van der Waals surface area contributed by atoms with Crippen molar-refractivity contribution >= 4 is 13.5 Å². The number of furan rings is 1. The Balaban J connectivity index is 2.88. The number of hydrogen-bond acceptors (Lipinski definition) is 2. The van der Waals surface area contributed by atoms with Crippen LogP contribution in [0.4, 0.5) is 0 Å². The molecule has 0 fully saturated rings. The molecule has 1 rings (SSSR count). The highest BCUT2D eigenvalue weighted by Crippen LogP contribution is 2.15. The highest BCUT2D eigenvalue weighted by molar-refractivity contribution is 6.87. The van der Waals surface area contributed by atoms with E-state index in [1.54, 1.807) is 6.08 Å². The van der Waals surface area contributed by atoms with Crippen molar-refractivity contribution in [3.63, 3.8) is 0 Å². The third-order valence-electron chi connectivity index (χ3n) is 2.03. The van der Waals surface area contributed by atoms with Gasteiger partial charge in [0.2, 0.25) is 0 Å². The molecule has 3 heteroatoms. The lowest BCUT2D eigenvalue weighted by Crippen LogP contribution is -2.36. The summed E-state index contributed by atoms with van der Waals surface area (Å²) < 4.78 is 5.62. The molecule has 0 saturated heterocycles. The van der Waals surface area contributed by atoms with Crippen LogP contribution in [0.25, 0.3) is 0 Å². The van der Waals surface area contributed by atoms with Gasteiger partial charge in [-0.25, -0.2) is 0 Å². The van der Waals surface area contributed by atoms with Gasteiger partial charge in [0, 0.05) is 0 Å². The first-order valence-electron chi connectivity index (χ1n) is 4.86. The van der Waals surface area contributed by atoms with E-state index in [2.05, 4.69) is 19.6 Å². The molecule has 0 bridgehead atoms. The van der Waals surface area contributed by atoms with Crippen LogP contribution in [0.2, 0.25) is 19.6 Å². The third-order valence-corrected chi connectivity index (χ3v) is 3.78. The molecule has 0 saturated carbocycles. The quantitative estimate of drug-likeness (QED) is 0.614. The standard InChI is InChI=1S/C11H18O2Si/c1-5-6-9(12)10-7-8-11(13-10)14(2,3)4/h5-9,12H,1-4H3. The van der Waals surface area contributed by atoms with Gasteiger partial charge in [-0.2, -0.15) is 0 Å². The summed E-state index contributed by atoms with van der Waals surface area (Å²) in [6.45, 7) is 8.54. The first kappa shape index (κ1) is 11.3. The summed E-state index contributed by atoms with van der Waals surface area (Å²) in [5, 5.41) is 10.7. The van der Waals surface area contributed by atoms with Crippen LogP contribution in [0.3, 0.4) is 0 Å². The van der Waals surface area contributed by atoms with E-state index in [9.17, 15) is 5.11 Å². The first-order valence-corrected chi connectivity index (χ1v) is 8.36. The van der Waals surface area contributed by atoms with Crippen molar-refractivity contribution in [2.75, 3.05) is 0 Å². The van der Waals surface area contributed by atoms with E-state index < -0.39 is 14.2 Å². The Morgan fingerprint density at radius 3 is 2.43 bits per heavy atom. The molecule has 1 aromatic rings. The molecule has 0 aliphatic rings. The number of allylic oxidation sites excluding steroid dienone is 1. The van der Waals surface area contributed by atoms with Gasteiger partial charge in [0.1, 0.15) is 19.9 Å². The molecular formula is C11H18O2Si. The fourth-order valence-electron chi connectivity index (χ4n) is 1.19. The Labute approximate surface area is 86.3 Å². The average Bonchev–Trinajstić information content (AvgIpc) is 2.51. The second-order valence-electron chi connectivity index (χ2n) is 4.42. The molecule has 0 amide bonds. The lowest BCUT2D eigenvalue weighted by molar-refractivity contribution is 0.199. The third kappa shape index (κ3) is 2.59. The molecule has 1 aromatic heterocycles. The summed E-state index contributed by atoms with van der Waals surface area (Å²) in [7, 11) is -1.38. The molecule has 0 radical (unpaired) electrons. The SMILES string of the molecule is CC=CC(O)c1ccc([Si](C)(C)C)o1. The van der Waals surface area contributed by atoms with Gasteiger partial charge < -0.3 is 9.52 Å². The second kappa shape index (κ2) is 4.15. The van der Waals surface area contributed by atoms with Crippen LogP contribution in [0.15, 0.2) is 28.7 Å². The summed E-state index contributed by atoms with van der Waals surface area (Å²) in [5.41, 5.74) is 0. The monoisotopic (exact) mass is 210 g/mol. The van der Waals surface area contributed by atoms with E-state index in [0.717, 1.165) is 5.38 Å². The van der Waals surface area contributed by atoms with Crippen molar-refractivity contribution in [1.29, 1.82) is 0 Å². The summed E-state index contributed by atoms with van der Waals surface area (Å²) >= 11 is 0. The Bertz CT molecular complexity index is 320. The van der Waals surface area contributed by atoms with E-state index in [1.807, 2.05) is 25.1 Å². The van der Waals surface area contributed by atoms with Gasteiger partial charge in [0.05, 0.1) is 5.38 Å². The minimum atomic E-state index is -1.38. The lowest BCUT2D eigenvalue weighted by atomic mass is 10.2. The Kier molecular flexibility index (Phi) is 3.34. The zero-order chi connectivity index (χ0) is 10.8. The predicted molar refractivity (Wildman–Crippen MR) is 61.5 cm³/mol. The van der Waals surface area contributed by atoms with E-state index in [-0.39, 0.29) is 0 Å². The normalized spacial score (nSPS) is 14.9. The number of aliphatic hydroxyl groups is 1. The van der Waals surface area contributed by atoms with Crippen LogP contribution in [0, 0.1) is 0 Å². The van der Waals surface area contributed by atoms with Crippen LogP contribution in [-0.2, 0) is 0 Å². The molecule has 0 aromatic carbocycles.